The fraction of sp³-hybridized carbons (Fsp3) is 0.364. The summed E-state index contributed by atoms with van der Waals surface area (Å²) >= 11 is 12.7. The van der Waals surface area contributed by atoms with E-state index in [2.05, 4.69) is 16.6 Å². The standard InChI is InChI=1S/C33H31Cl2N3O4/c1-3-20-7-10-29(42-24-11-13-38(14-12-24)19(2)39)25(15-20)30-33(27-9-8-23(35)17-28(27)36-32(33)41)18-26(31(40)37-30)21-5-4-6-22(34)16-21/h1,4-10,15,17,21,24,26,30H,11-14,16,18H2,2H3,(H,36,41)(H,37,40)/t21?,26-,30-,33-/m1/s1. The molecule has 6 rings (SSSR count). The first-order valence-electron chi connectivity index (χ1n) is 14.2. The van der Waals surface area contributed by atoms with E-state index in [0.29, 0.717) is 65.0 Å². The molecule has 42 heavy (non-hydrogen) atoms. The van der Waals surface area contributed by atoms with Crippen LogP contribution in [0, 0.1) is 24.2 Å². The number of anilines is 1. The van der Waals surface area contributed by atoms with Crippen LogP contribution in [0.5, 0.6) is 5.75 Å². The van der Waals surface area contributed by atoms with E-state index in [1.54, 1.807) is 25.1 Å². The monoisotopic (exact) mass is 603 g/mol. The molecule has 1 spiro atoms. The van der Waals surface area contributed by atoms with Crippen LogP contribution in [0.15, 0.2) is 59.7 Å². The quantitative estimate of drug-likeness (QED) is 0.453. The van der Waals surface area contributed by atoms with E-state index in [-0.39, 0.29) is 36.2 Å². The summed E-state index contributed by atoms with van der Waals surface area (Å²) in [5.74, 6) is 2.25. The number of amides is 3. The van der Waals surface area contributed by atoms with E-state index in [1.807, 2.05) is 41.3 Å². The second kappa shape index (κ2) is 11.2. The van der Waals surface area contributed by atoms with Crippen molar-refractivity contribution in [3.63, 3.8) is 0 Å². The number of benzene rings is 2. The van der Waals surface area contributed by atoms with Crippen LogP contribution in [-0.4, -0.2) is 41.8 Å². The van der Waals surface area contributed by atoms with Crippen molar-refractivity contribution in [2.24, 2.45) is 11.8 Å². The van der Waals surface area contributed by atoms with E-state index in [4.69, 9.17) is 34.4 Å². The highest BCUT2D eigenvalue weighted by Crippen LogP contribution is 2.55. The number of nitrogens with one attached hydrogen (secondary N) is 2. The molecule has 0 aromatic heterocycles. The summed E-state index contributed by atoms with van der Waals surface area (Å²) < 4.78 is 6.56. The highest BCUT2D eigenvalue weighted by molar-refractivity contribution is 6.31. The van der Waals surface area contributed by atoms with Gasteiger partial charge < -0.3 is 20.3 Å². The third-order valence-electron chi connectivity index (χ3n) is 9.02. The second-order valence-electron chi connectivity index (χ2n) is 11.5. The Morgan fingerprint density at radius 2 is 1.93 bits per heavy atom. The molecule has 3 aliphatic heterocycles. The normalized spacial score (nSPS) is 27.1. The third-order valence-corrected chi connectivity index (χ3v) is 9.54. The van der Waals surface area contributed by atoms with Gasteiger partial charge in [-0.3, -0.25) is 14.4 Å². The number of fused-ring (bicyclic) bond motifs is 2. The second-order valence-corrected chi connectivity index (χ2v) is 12.4. The predicted octanol–water partition coefficient (Wildman–Crippen LogP) is 5.48. The average Bonchev–Trinajstić information content (AvgIpc) is 3.24. The predicted molar refractivity (Wildman–Crippen MR) is 162 cm³/mol. The maximum absolute atomic E-state index is 14.2. The van der Waals surface area contributed by atoms with Crippen molar-refractivity contribution in [2.75, 3.05) is 18.4 Å². The maximum atomic E-state index is 14.2. The van der Waals surface area contributed by atoms with Crippen molar-refractivity contribution in [1.82, 2.24) is 10.2 Å². The molecular weight excluding hydrogens is 573 g/mol. The summed E-state index contributed by atoms with van der Waals surface area (Å²) in [6, 6.07) is 10.1. The molecule has 9 heteroatoms. The molecule has 1 unspecified atom stereocenters. The van der Waals surface area contributed by atoms with Crippen LogP contribution >= 0.6 is 23.2 Å². The van der Waals surface area contributed by atoms with Gasteiger partial charge in [-0.15, -0.1) is 6.42 Å². The number of nitrogens with zero attached hydrogens (tertiary/aromatic N) is 1. The van der Waals surface area contributed by atoms with E-state index >= 15 is 0 Å². The van der Waals surface area contributed by atoms with Crippen molar-refractivity contribution >= 4 is 46.6 Å². The zero-order chi connectivity index (χ0) is 29.6. The minimum atomic E-state index is -1.15. The molecule has 0 saturated carbocycles. The lowest BCUT2D eigenvalue weighted by atomic mass is 9.62. The first-order valence-corrected chi connectivity index (χ1v) is 14.9. The Hall–Kier alpha value is -3.73. The minimum Gasteiger partial charge on any atom is -0.490 e. The van der Waals surface area contributed by atoms with Gasteiger partial charge in [-0.1, -0.05) is 47.3 Å². The van der Waals surface area contributed by atoms with Crippen LogP contribution in [0.2, 0.25) is 5.02 Å². The lowest BCUT2D eigenvalue weighted by Crippen LogP contribution is -2.57. The van der Waals surface area contributed by atoms with Crippen LogP contribution in [0.4, 0.5) is 5.69 Å². The first kappa shape index (κ1) is 28.4. The number of carbonyl (C=O) groups is 3. The topological polar surface area (TPSA) is 87.7 Å². The van der Waals surface area contributed by atoms with Crippen molar-refractivity contribution in [3.05, 3.63) is 81.4 Å². The van der Waals surface area contributed by atoms with E-state index in [1.165, 1.54) is 0 Å². The molecule has 2 N–H and O–H groups in total. The van der Waals surface area contributed by atoms with Gasteiger partial charge in [-0.05, 0) is 60.7 Å². The smallest absolute Gasteiger partial charge is 0.237 e. The Morgan fingerprint density at radius 1 is 1.14 bits per heavy atom. The van der Waals surface area contributed by atoms with Gasteiger partial charge in [0.15, 0.2) is 0 Å². The number of hydrogen-bond acceptors (Lipinski definition) is 4. The molecule has 3 amide bonds. The Balaban J connectivity index is 1.43. The largest absolute Gasteiger partial charge is 0.490 e. The Morgan fingerprint density at radius 3 is 2.64 bits per heavy atom. The van der Waals surface area contributed by atoms with Gasteiger partial charge in [0.2, 0.25) is 17.7 Å². The number of hydrogen-bond donors (Lipinski definition) is 2. The molecule has 2 saturated heterocycles. The number of carbonyl (C=O) groups excluding carboxylic acids is 3. The number of ether oxygens (including phenoxy) is 1. The molecular formula is C33H31Cl2N3O4. The first-order chi connectivity index (χ1) is 20.2. The maximum Gasteiger partial charge on any atom is 0.237 e. The molecule has 216 valence electrons. The van der Waals surface area contributed by atoms with Crippen LogP contribution < -0.4 is 15.4 Å². The lowest BCUT2D eigenvalue weighted by Gasteiger charge is -2.45. The summed E-state index contributed by atoms with van der Waals surface area (Å²) in [5, 5.41) is 7.45. The van der Waals surface area contributed by atoms with Crippen molar-refractivity contribution in [3.8, 4) is 18.1 Å². The van der Waals surface area contributed by atoms with E-state index in [0.717, 1.165) is 5.56 Å². The SMILES string of the molecule is C#Cc1ccc(OC2CCN(C(C)=O)CC2)c([C@H]2NC(=O)[C@@H](C3C=CC=C(Cl)C3)C[C@]23C(=O)Nc2cc(Cl)ccc23)c1. The molecule has 2 aromatic carbocycles. The fourth-order valence-corrected chi connectivity index (χ4v) is 7.28. The highest BCUT2D eigenvalue weighted by Gasteiger charge is 2.59. The van der Waals surface area contributed by atoms with Crippen LogP contribution in [0.1, 0.15) is 55.3 Å². The van der Waals surface area contributed by atoms with Gasteiger partial charge in [0.25, 0.3) is 0 Å². The number of likely N-dealkylation sites (tertiary alicyclic amines) is 1. The molecule has 0 radical (unpaired) electrons. The van der Waals surface area contributed by atoms with Gasteiger partial charge >= 0.3 is 0 Å². The summed E-state index contributed by atoms with van der Waals surface area (Å²) in [6.45, 7) is 2.78. The molecule has 3 heterocycles. The number of allylic oxidation sites excluding steroid dienone is 4. The summed E-state index contributed by atoms with van der Waals surface area (Å²) in [7, 11) is 0. The molecule has 0 bridgehead atoms. The Labute approximate surface area is 255 Å². The minimum absolute atomic E-state index is 0.0459. The molecule has 1 aliphatic carbocycles. The zero-order valence-corrected chi connectivity index (χ0v) is 24.7. The van der Waals surface area contributed by atoms with Gasteiger partial charge in [0, 0.05) is 65.6 Å². The number of piperidine rings is 2. The highest BCUT2D eigenvalue weighted by atomic mass is 35.5. The van der Waals surface area contributed by atoms with Crippen molar-refractivity contribution in [1.29, 1.82) is 0 Å². The number of halogens is 2. The van der Waals surface area contributed by atoms with E-state index in [9.17, 15) is 14.4 Å². The summed E-state index contributed by atoms with van der Waals surface area (Å²) in [6.07, 6.45) is 13.5. The van der Waals surface area contributed by atoms with Crippen molar-refractivity contribution in [2.45, 2.75) is 50.2 Å². The number of terminal acetylenes is 1. The van der Waals surface area contributed by atoms with Crippen LogP contribution in [0.25, 0.3) is 0 Å². The molecule has 4 aliphatic rings. The Bertz CT molecular complexity index is 1570. The van der Waals surface area contributed by atoms with Gasteiger partial charge in [-0.2, -0.15) is 0 Å². The number of rotatable bonds is 4. The lowest BCUT2D eigenvalue weighted by molar-refractivity contribution is -0.136. The summed E-state index contributed by atoms with van der Waals surface area (Å²) in [5.41, 5.74) is 1.49. The fourth-order valence-electron chi connectivity index (χ4n) is 6.85. The summed E-state index contributed by atoms with van der Waals surface area (Å²) in [4.78, 5) is 41.7. The average molecular weight is 605 g/mol. The van der Waals surface area contributed by atoms with Gasteiger partial charge in [0.1, 0.15) is 17.3 Å². The van der Waals surface area contributed by atoms with Crippen molar-refractivity contribution < 1.29 is 19.1 Å². The van der Waals surface area contributed by atoms with Crippen LogP contribution in [-0.2, 0) is 19.8 Å². The van der Waals surface area contributed by atoms with Gasteiger partial charge in [0.05, 0.1) is 6.04 Å². The van der Waals surface area contributed by atoms with E-state index < -0.39 is 17.4 Å². The zero-order valence-electron chi connectivity index (χ0n) is 23.2. The Kier molecular flexibility index (Phi) is 7.55. The van der Waals surface area contributed by atoms with Crippen LogP contribution in [0.3, 0.4) is 0 Å². The third kappa shape index (κ3) is 4.97. The molecule has 2 fully saturated rings. The molecule has 7 nitrogen and oxygen atoms in total. The molecule has 4 atom stereocenters. The molecule has 2 aromatic rings. The van der Waals surface area contributed by atoms with Gasteiger partial charge in [-0.25, -0.2) is 0 Å².